The van der Waals surface area contributed by atoms with Crippen LogP contribution >= 0.6 is 6.34 Å². The molecule has 0 fully saturated rings. The Bertz CT molecular complexity index is 525. The number of hydrogen-bond acceptors (Lipinski definition) is 1. The van der Waals surface area contributed by atoms with Gasteiger partial charge in [0.15, 0.2) is 0 Å². The zero-order valence-electron chi connectivity index (χ0n) is 15.6. The van der Waals surface area contributed by atoms with Gasteiger partial charge in [0, 0.05) is 5.54 Å². The van der Waals surface area contributed by atoms with Crippen molar-refractivity contribution in [2.75, 3.05) is 0 Å². The van der Waals surface area contributed by atoms with Gasteiger partial charge in [0.05, 0.1) is 0 Å². The Morgan fingerprint density at radius 1 is 0.955 bits per heavy atom. The zero-order valence-corrected chi connectivity index (χ0v) is 18.3. The summed E-state index contributed by atoms with van der Waals surface area (Å²) in [7, 11) is -1.66. The van der Waals surface area contributed by atoms with Gasteiger partial charge < -0.3 is 9.42 Å². The quantitative estimate of drug-likeness (QED) is 0.507. The topological polar surface area (TPSA) is 17.3 Å². The molecule has 0 N–H and O–H groups in total. The third kappa shape index (κ3) is 5.00. The van der Waals surface area contributed by atoms with Crippen LogP contribution in [0.15, 0.2) is 30.3 Å². The van der Waals surface area contributed by atoms with Crippen LogP contribution in [0.4, 0.5) is 0 Å². The van der Waals surface area contributed by atoms with Crippen LogP contribution in [0.2, 0.25) is 19.6 Å². The van der Waals surface area contributed by atoms with E-state index in [1.807, 2.05) is 0 Å². The molecule has 1 rings (SSSR count). The first kappa shape index (κ1) is 20.1. The molecule has 1 atom stereocenters. The Kier molecular flexibility index (Phi) is 5.91. The summed E-state index contributed by atoms with van der Waals surface area (Å²) in [5, 5.41) is 6.44. The van der Waals surface area contributed by atoms with Crippen LogP contribution in [0, 0.1) is 0 Å². The fourth-order valence-electron chi connectivity index (χ4n) is 3.07. The number of benzene rings is 1. The summed E-state index contributed by atoms with van der Waals surface area (Å²) in [6, 6.07) is 10.5. The molecule has 0 aliphatic rings. The van der Waals surface area contributed by atoms with Crippen LogP contribution in [-0.2, 0) is 11.8 Å². The van der Waals surface area contributed by atoms with Crippen molar-refractivity contribution in [2.45, 2.75) is 72.3 Å². The first-order chi connectivity index (χ1) is 9.68. The lowest BCUT2D eigenvalue weighted by Gasteiger charge is -2.61. The smallest absolute Gasteiger partial charge is 0.123 e. The molecule has 0 saturated carbocycles. The van der Waals surface area contributed by atoms with Crippen molar-refractivity contribution in [3.8, 4) is 0 Å². The van der Waals surface area contributed by atoms with Crippen molar-refractivity contribution in [3.05, 3.63) is 35.4 Å². The molecule has 0 amide bonds. The first-order valence-electron chi connectivity index (χ1n) is 7.89. The van der Waals surface area contributed by atoms with Crippen LogP contribution in [0.5, 0.6) is 0 Å². The van der Waals surface area contributed by atoms with E-state index in [0.717, 1.165) is 0 Å². The molecule has 0 saturated heterocycles. The molecular weight excluding hydrogens is 323 g/mol. The van der Waals surface area contributed by atoms with Crippen molar-refractivity contribution < 1.29 is 0 Å². The number of nitrogens with zero attached hydrogens (tertiary/aromatic N) is 2. The normalized spacial score (nSPS) is 16.6. The molecular formula is C17H32N2PSSi-. The van der Waals surface area contributed by atoms with E-state index >= 15 is 0 Å². The predicted molar refractivity (Wildman–Crippen MR) is 108 cm³/mol. The van der Waals surface area contributed by atoms with Crippen LogP contribution in [-0.4, -0.2) is 23.6 Å². The van der Waals surface area contributed by atoms with Gasteiger partial charge in [-0.25, -0.2) is 0 Å². The Morgan fingerprint density at radius 2 is 1.41 bits per heavy atom. The van der Waals surface area contributed by atoms with E-state index in [1.54, 1.807) is 0 Å². The van der Waals surface area contributed by atoms with Crippen LogP contribution in [0.3, 0.4) is 0 Å². The highest BCUT2D eigenvalue weighted by Crippen LogP contribution is 2.62. The van der Waals surface area contributed by atoms with Gasteiger partial charge in [0.25, 0.3) is 0 Å². The minimum atomic E-state index is -2.19. The van der Waals surface area contributed by atoms with E-state index in [1.165, 1.54) is 5.30 Å². The highest BCUT2D eigenvalue weighted by atomic mass is 32.4. The van der Waals surface area contributed by atoms with Gasteiger partial charge in [0.1, 0.15) is 8.24 Å². The first-order valence-corrected chi connectivity index (χ1v) is 14.0. The molecule has 1 unspecified atom stereocenters. The van der Waals surface area contributed by atoms with E-state index in [0.29, 0.717) is 0 Å². The van der Waals surface area contributed by atoms with Crippen molar-refractivity contribution in [2.24, 2.45) is 0 Å². The maximum atomic E-state index is 6.34. The second-order valence-electron chi connectivity index (χ2n) is 8.80. The van der Waals surface area contributed by atoms with Gasteiger partial charge in [-0.15, -0.1) is 5.54 Å². The lowest BCUT2D eigenvalue weighted by atomic mass is 10.1. The molecule has 5 heteroatoms. The van der Waals surface area contributed by atoms with Gasteiger partial charge in [-0.2, -0.15) is 0 Å². The van der Waals surface area contributed by atoms with Gasteiger partial charge in [-0.3, -0.25) is 0 Å². The summed E-state index contributed by atoms with van der Waals surface area (Å²) < 4.78 is 2.60. The van der Waals surface area contributed by atoms with Gasteiger partial charge >= 0.3 is 0 Å². The molecule has 1 aromatic carbocycles. The largest absolute Gasteiger partial charge is 0.607 e. The highest BCUT2D eigenvalue weighted by Gasteiger charge is 2.39. The predicted octanol–water partition coefficient (Wildman–Crippen LogP) is 5.73. The third-order valence-corrected chi connectivity index (χ3v) is 12.5. The van der Waals surface area contributed by atoms with Gasteiger partial charge in [-0.1, -0.05) is 88.9 Å². The van der Waals surface area contributed by atoms with Crippen molar-refractivity contribution in [1.29, 1.82) is 0 Å². The average molecular weight is 356 g/mol. The molecule has 1 aromatic rings. The monoisotopic (exact) mass is 355 g/mol. The lowest BCUT2D eigenvalue weighted by molar-refractivity contribution is 0.372. The fraction of sp³-hybridized carbons (Fsp3) is 0.647. The second kappa shape index (κ2) is 6.49. The molecule has 0 aliphatic heterocycles. The molecule has 0 spiro atoms. The molecule has 0 bridgehead atoms. The van der Waals surface area contributed by atoms with E-state index in [9.17, 15) is 0 Å². The van der Waals surface area contributed by atoms with Crippen LogP contribution < -0.4 is 5.30 Å². The summed E-state index contributed by atoms with van der Waals surface area (Å²) >= 11 is 6.34. The fourth-order valence-corrected chi connectivity index (χ4v) is 15.5. The molecule has 0 aliphatic carbocycles. The summed E-state index contributed by atoms with van der Waals surface area (Å²) in [4.78, 5) is 0. The standard InChI is InChI=1S/C17H32N2PSSi/c1-16(2,3)18-20(21,15-13-11-10-12-14-15)19(17(4,5)6)22(7,8)9/h10-14H,1-9H3/q-1. The Labute approximate surface area is 143 Å². The Balaban J connectivity index is 3.59. The van der Waals surface area contributed by atoms with Gasteiger partial charge in [0.2, 0.25) is 0 Å². The van der Waals surface area contributed by atoms with E-state index < -0.39 is 14.6 Å². The molecule has 126 valence electrons. The lowest BCUT2D eigenvalue weighted by Crippen LogP contribution is -2.55. The van der Waals surface area contributed by atoms with Crippen molar-refractivity contribution in [1.82, 2.24) is 4.34 Å². The van der Waals surface area contributed by atoms with Crippen LogP contribution in [0.25, 0.3) is 5.09 Å². The molecule has 0 radical (unpaired) electrons. The molecule has 0 heterocycles. The molecule has 2 nitrogen and oxygen atoms in total. The van der Waals surface area contributed by atoms with E-state index in [4.69, 9.17) is 16.9 Å². The highest BCUT2D eigenvalue weighted by molar-refractivity contribution is 8.19. The molecule has 22 heavy (non-hydrogen) atoms. The Hall–Kier alpha value is 0.00688. The molecule has 0 aromatic heterocycles. The summed E-state index contributed by atoms with van der Waals surface area (Å²) in [6.07, 6.45) is -2.19. The SMILES string of the molecule is CC(C)(C)[N-]P(=S)(c1ccccc1)N(C(C)(C)C)[Si](C)(C)C. The number of hydrogen-bond donors (Lipinski definition) is 0. The Morgan fingerprint density at radius 3 is 1.73 bits per heavy atom. The second-order valence-corrected chi connectivity index (χ2v) is 17.7. The maximum absolute atomic E-state index is 6.34. The van der Waals surface area contributed by atoms with Crippen molar-refractivity contribution in [3.63, 3.8) is 0 Å². The minimum absolute atomic E-state index is 0.00455. The summed E-state index contributed by atoms with van der Waals surface area (Å²) in [5.41, 5.74) is -0.140. The maximum Gasteiger partial charge on any atom is 0.123 e. The number of rotatable bonds is 4. The van der Waals surface area contributed by atoms with Gasteiger partial charge in [-0.05, 0) is 26.1 Å². The third-order valence-electron chi connectivity index (χ3n) is 3.07. The van der Waals surface area contributed by atoms with Crippen molar-refractivity contribution >= 4 is 31.7 Å². The van der Waals surface area contributed by atoms with E-state index in [-0.39, 0.29) is 11.1 Å². The van der Waals surface area contributed by atoms with E-state index in [2.05, 4.69) is 95.9 Å². The summed E-state index contributed by atoms with van der Waals surface area (Å²) in [5.74, 6) is 0. The minimum Gasteiger partial charge on any atom is -0.607 e. The average Bonchev–Trinajstić information content (AvgIpc) is 2.23. The summed E-state index contributed by atoms with van der Waals surface area (Å²) in [6.45, 7) is 20.4. The van der Waals surface area contributed by atoms with Crippen LogP contribution in [0.1, 0.15) is 41.5 Å². The zero-order chi connectivity index (χ0) is 17.4.